The van der Waals surface area contributed by atoms with Crippen LogP contribution in [-0.2, 0) is 14.4 Å². The van der Waals surface area contributed by atoms with Gasteiger partial charge in [-0.3, -0.25) is 14.4 Å². The number of carbonyl (C=O) groups is 3. The Kier molecular flexibility index (Phi) is 6.81. The van der Waals surface area contributed by atoms with E-state index in [0.717, 1.165) is 4.47 Å². The molecule has 0 aliphatic carbocycles. The van der Waals surface area contributed by atoms with Crippen molar-refractivity contribution in [3.05, 3.63) is 57.0 Å². The van der Waals surface area contributed by atoms with E-state index in [2.05, 4.69) is 31.9 Å². The van der Waals surface area contributed by atoms with Gasteiger partial charge >= 0.3 is 11.8 Å². The Labute approximate surface area is 162 Å². The molecule has 3 N–H and O–H groups in total. The Balaban J connectivity index is 1.83. The first-order valence-corrected chi connectivity index (χ1v) is 8.49. The highest BCUT2D eigenvalue weighted by Gasteiger charge is 2.15. The molecule has 0 radical (unpaired) electrons. The zero-order valence-electron chi connectivity index (χ0n) is 12.6. The second kappa shape index (κ2) is 8.84. The fraction of sp³-hybridized carbons (Fsp3) is 0.0625. The molecule has 2 aromatic rings. The Morgan fingerprint density at radius 3 is 2.04 bits per heavy atom. The number of rotatable bonds is 4. The summed E-state index contributed by atoms with van der Waals surface area (Å²) in [6.07, 6.45) is 0. The lowest BCUT2D eigenvalue weighted by atomic mass is 10.3. The van der Waals surface area contributed by atoms with Gasteiger partial charge in [0.25, 0.3) is 0 Å². The van der Waals surface area contributed by atoms with Crippen LogP contribution in [0.2, 0.25) is 10.0 Å². The van der Waals surface area contributed by atoms with Crippen LogP contribution in [0.5, 0.6) is 0 Å². The maximum atomic E-state index is 11.8. The van der Waals surface area contributed by atoms with Crippen molar-refractivity contribution >= 4 is 68.2 Å². The molecule has 25 heavy (non-hydrogen) atoms. The Morgan fingerprint density at radius 2 is 1.44 bits per heavy atom. The van der Waals surface area contributed by atoms with Crippen LogP contribution in [0.1, 0.15) is 0 Å². The monoisotopic (exact) mass is 443 g/mol. The molecule has 6 nitrogen and oxygen atoms in total. The lowest BCUT2D eigenvalue weighted by Crippen LogP contribution is -2.39. The van der Waals surface area contributed by atoms with Crippen molar-refractivity contribution in [3.63, 3.8) is 0 Å². The standard InChI is InChI=1S/C16H12BrCl2N3O3/c17-9-1-3-12(4-2-9)21-14(23)8-20-15(24)16(25)22-13-6-10(18)5-11(19)7-13/h1-7H,8H2,(H,20,24)(H,21,23)(H,22,25). The van der Waals surface area contributed by atoms with Gasteiger partial charge in [0.1, 0.15) is 0 Å². The molecule has 0 saturated heterocycles. The van der Waals surface area contributed by atoms with E-state index < -0.39 is 17.7 Å². The van der Waals surface area contributed by atoms with E-state index in [4.69, 9.17) is 23.2 Å². The van der Waals surface area contributed by atoms with Crippen LogP contribution in [-0.4, -0.2) is 24.3 Å². The zero-order chi connectivity index (χ0) is 18.4. The molecule has 0 aliphatic rings. The second-order valence-electron chi connectivity index (χ2n) is 4.85. The van der Waals surface area contributed by atoms with Gasteiger partial charge in [-0.2, -0.15) is 0 Å². The molecular formula is C16H12BrCl2N3O3. The van der Waals surface area contributed by atoms with E-state index in [1.165, 1.54) is 18.2 Å². The molecule has 0 aliphatic heterocycles. The molecule has 3 amide bonds. The van der Waals surface area contributed by atoms with Gasteiger partial charge < -0.3 is 16.0 Å². The molecule has 0 heterocycles. The fourth-order valence-corrected chi connectivity index (χ4v) is 2.58. The molecule has 0 saturated carbocycles. The van der Waals surface area contributed by atoms with E-state index in [0.29, 0.717) is 15.7 Å². The van der Waals surface area contributed by atoms with Gasteiger partial charge in [-0.1, -0.05) is 39.1 Å². The summed E-state index contributed by atoms with van der Waals surface area (Å²) >= 11 is 14.9. The van der Waals surface area contributed by atoms with Crippen LogP contribution in [0.15, 0.2) is 46.9 Å². The van der Waals surface area contributed by atoms with Crippen LogP contribution < -0.4 is 16.0 Å². The molecule has 0 unspecified atom stereocenters. The van der Waals surface area contributed by atoms with Crippen LogP contribution in [0.3, 0.4) is 0 Å². The van der Waals surface area contributed by atoms with Crippen molar-refractivity contribution in [3.8, 4) is 0 Å². The van der Waals surface area contributed by atoms with E-state index >= 15 is 0 Å². The number of hydrogen-bond acceptors (Lipinski definition) is 3. The average Bonchev–Trinajstić information content (AvgIpc) is 2.53. The maximum absolute atomic E-state index is 11.8. The predicted octanol–water partition coefficient (Wildman–Crippen LogP) is 3.45. The van der Waals surface area contributed by atoms with Gasteiger partial charge in [-0.15, -0.1) is 0 Å². The minimum absolute atomic E-state index is 0.275. The summed E-state index contributed by atoms with van der Waals surface area (Å²) in [6.45, 7) is -0.349. The van der Waals surface area contributed by atoms with Crippen LogP contribution >= 0.6 is 39.1 Å². The first-order chi connectivity index (χ1) is 11.8. The number of halogens is 3. The second-order valence-corrected chi connectivity index (χ2v) is 6.64. The molecule has 2 aromatic carbocycles. The molecule has 0 atom stereocenters. The lowest BCUT2D eigenvalue weighted by molar-refractivity contribution is -0.136. The molecule has 130 valence electrons. The summed E-state index contributed by atoms with van der Waals surface area (Å²) in [5.41, 5.74) is 0.845. The highest BCUT2D eigenvalue weighted by Crippen LogP contribution is 2.22. The van der Waals surface area contributed by atoms with Gasteiger partial charge in [-0.05, 0) is 42.5 Å². The highest BCUT2D eigenvalue weighted by atomic mass is 79.9. The molecule has 0 aromatic heterocycles. The topological polar surface area (TPSA) is 87.3 Å². The maximum Gasteiger partial charge on any atom is 0.313 e. The number of anilines is 2. The Hall–Kier alpha value is -2.09. The number of benzene rings is 2. The summed E-state index contributed by atoms with van der Waals surface area (Å²) < 4.78 is 0.872. The van der Waals surface area contributed by atoms with E-state index in [9.17, 15) is 14.4 Å². The van der Waals surface area contributed by atoms with Crippen molar-refractivity contribution in [2.24, 2.45) is 0 Å². The molecule has 0 bridgehead atoms. The number of carbonyl (C=O) groups excluding carboxylic acids is 3. The lowest BCUT2D eigenvalue weighted by Gasteiger charge is -2.08. The number of nitrogens with one attached hydrogen (secondary N) is 3. The predicted molar refractivity (Wildman–Crippen MR) is 101 cm³/mol. The summed E-state index contributed by atoms with van der Waals surface area (Å²) in [5.74, 6) is -2.36. The van der Waals surface area contributed by atoms with Crippen LogP contribution in [0.25, 0.3) is 0 Å². The number of hydrogen-bond donors (Lipinski definition) is 3. The number of amides is 3. The Bertz CT molecular complexity index is 793. The Morgan fingerprint density at radius 1 is 0.840 bits per heavy atom. The van der Waals surface area contributed by atoms with Gasteiger partial charge in [0.15, 0.2) is 0 Å². The highest BCUT2D eigenvalue weighted by molar-refractivity contribution is 9.10. The fourth-order valence-electron chi connectivity index (χ4n) is 1.79. The zero-order valence-corrected chi connectivity index (χ0v) is 15.7. The smallest absolute Gasteiger partial charge is 0.313 e. The van der Waals surface area contributed by atoms with Gasteiger partial charge in [0, 0.05) is 25.9 Å². The quantitative estimate of drug-likeness (QED) is 0.631. The largest absolute Gasteiger partial charge is 0.339 e. The van der Waals surface area contributed by atoms with Crippen molar-refractivity contribution in [2.45, 2.75) is 0 Å². The SMILES string of the molecule is O=C(CNC(=O)C(=O)Nc1cc(Cl)cc(Cl)c1)Nc1ccc(Br)cc1. The summed E-state index contributed by atoms with van der Waals surface area (Å²) in [4.78, 5) is 35.3. The minimum Gasteiger partial charge on any atom is -0.339 e. The minimum atomic E-state index is -0.956. The molecular weight excluding hydrogens is 433 g/mol. The third-order valence-electron chi connectivity index (χ3n) is 2.86. The van der Waals surface area contributed by atoms with Crippen molar-refractivity contribution in [1.82, 2.24) is 5.32 Å². The summed E-state index contributed by atoms with van der Waals surface area (Å²) in [5, 5.41) is 7.79. The first kappa shape index (κ1) is 19.2. The van der Waals surface area contributed by atoms with E-state index in [1.54, 1.807) is 24.3 Å². The van der Waals surface area contributed by atoms with Crippen molar-refractivity contribution < 1.29 is 14.4 Å². The van der Waals surface area contributed by atoms with E-state index in [1.807, 2.05) is 0 Å². The van der Waals surface area contributed by atoms with Gasteiger partial charge in [0.2, 0.25) is 5.91 Å². The van der Waals surface area contributed by atoms with Crippen molar-refractivity contribution in [1.29, 1.82) is 0 Å². The van der Waals surface area contributed by atoms with Gasteiger partial charge in [-0.25, -0.2) is 0 Å². The average molecular weight is 445 g/mol. The molecule has 0 fully saturated rings. The third kappa shape index (κ3) is 6.38. The van der Waals surface area contributed by atoms with Crippen molar-refractivity contribution in [2.75, 3.05) is 17.2 Å². The molecule has 2 rings (SSSR count). The normalized spacial score (nSPS) is 10.0. The molecule has 0 spiro atoms. The molecule has 9 heteroatoms. The first-order valence-electron chi connectivity index (χ1n) is 6.94. The van der Waals surface area contributed by atoms with E-state index in [-0.39, 0.29) is 12.2 Å². The summed E-state index contributed by atoms with van der Waals surface area (Å²) in [6, 6.07) is 11.3. The van der Waals surface area contributed by atoms with Crippen LogP contribution in [0, 0.1) is 0 Å². The third-order valence-corrected chi connectivity index (χ3v) is 3.83. The van der Waals surface area contributed by atoms with Gasteiger partial charge in [0.05, 0.1) is 6.54 Å². The van der Waals surface area contributed by atoms with Crippen LogP contribution in [0.4, 0.5) is 11.4 Å². The summed E-state index contributed by atoms with van der Waals surface area (Å²) in [7, 11) is 0.